The summed E-state index contributed by atoms with van der Waals surface area (Å²) in [6.07, 6.45) is -4.23. The van der Waals surface area contributed by atoms with Gasteiger partial charge in [-0.1, -0.05) is 6.07 Å². The lowest BCUT2D eigenvalue weighted by Gasteiger charge is -2.10. The van der Waals surface area contributed by atoms with Gasteiger partial charge in [-0.2, -0.15) is 13.2 Å². The molecule has 0 aliphatic rings. The third-order valence-electron chi connectivity index (χ3n) is 2.42. The zero-order chi connectivity index (χ0) is 15.6. The van der Waals surface area contributed by atoms with Gasteiger partial charge in [-0.3, -0.25) is 10.1 Å². The maximum atomic E-state index is 12.6. The number of rotatable bonds is 3. The van der Waals surface area contributed by atoms with Crippen LogP contribution in [0.3, 0.4) is 0 Å². The summed E-state index contributed by atoms with van der Waals surface area (Å²) in [5.41, 5.74) is 3.85. The molecule has 9 heteroatoms. The van der Waals surface area contributed by atoms with Gasteiger partial charge in [-0.05, 0) is 12.1 Å². The van der Waals surface area contributed by atoms with Crippen molar-refractivity contribution >= 4 is 11.4 Å². The summed E-state index contributed by atoms with van der Waals surface area (Å²) in [6, 6.07) is 6.25. The molecule has 2 rings (SSSR count). The van der Waals surface area contributed by atoms with E-state index in [9.17, 15) is 23.3 Å². The molecule has 0 unspecified atom stereocenters. The van der Waals surface area contributed by atoms with Gasteiger partial charge in [0.1, 0.15) is 17.6 Å². The molecule has 0 radical (unpaired) electrons. The Labute approximate surface area is 116 Å². The summed E-state index contributed by atoms with van der Waals surface area (Å²) in [7, 11) is 0. The monoisotopic (exact) mass is 299 g/mol. The number of alkyl halides is 3. The molecule has 110 valence electrons. The number of anilines is 1. The zero-order valence-corrected chi connectivity index (χ0v) is 10.3. The van der Waals surface area contributed by atoms with Crippen LogP contribution in [0.2, 0.25) is 0 Å². The van der Waals surface area contributed by atoms with Crippen molar-refractivity contribution in [1.29, 1.82) is 0 Å². The fourth-order valence-corrected chi connectivity index (χ4v) is 1.51. The molecule has 0 spiro atoms. The minimum atomic E-state index is -4.73. The molecule has 0 aliphatic heterocycles. The van der Waals surface area contributed by atoms with Crippen LogP contribution in [0.1, 0.15) is 5.69 Å². The molecule has 0 amide bonds. The first-order chi connectivity index (χ1) is 9.77. The van der Waals surface area contributed by atoms with E-state index in [1.165, 1.54) is 24.3 Å². The molecule has 6 nitrogen and oxygen atoms in total. The van der Waals surface area contributed by atoms with Crippen LogP contribution in [0, 0.1) is 10.1 Å². The number of nitrogens with zero attached hydrogens (tertiary/aromatic N) is 2. The Kier molecular flexibility index (Phi) is 3.66. The van der Waals surface area contributed by atoms with Crippen molar-refractivity contribution < 1.29 is 22.8 Å². The average Bonchev–Trinajstić information content (AvgIpc) is 2.37. The van der Waals surface area contributed by atoms with E-state index in [1.807, 2.05) is 0 Å². The highest BCUT2D eigenvalue weighted by molar-refractivity contribution is 5.50. The Bertz CT molecular complexity index is 689. The summed E-state index contributed by atoms with van der Waals surface area (Å²) < 4.78 is 42.9. The number of aromatic nitrogens is 1. The van der Waals surface area contributed by atoms with E-state index in [-0.39, 0.29) is 5.75 Å². The van der Waals surface area contributed by atoms with Crippen LogP contribution in [0.4, 0.5) is 24.5 Å². The van der Waals surface area contributed by atoms with Crippen LogP contribution in [0.25, 0.3) is 0 Å². The van der Waals surface area contributed by atoms with Crippen molar-refractivity contribution in [3.63, 3.8) is 0 Å². The van der Waals surface area contributed by atoms with E-state index in [4.69, 9.17) is 10.5 Å². The van der Waals surface area contributed by atoms with Gasteiger partial charge >= 0.3 is 11.9 Å². The lowest BCUT2D eigenvalue weighted by molar-refractivity contribution is -0.386. The topological polar surface area (TPSA) is 91.3 Å². The highest BCUT2D eigenvalue weighted by Crippen LogP contribution is 2.36. The van der Waals surface area contributed by atoms with Crippen molar-refractivity contribution in [2.75, 3.05) is 5.73 Å². The second-order valence-electron chi connectivity index (χ2n) is 3.97. The molecule has 0 saturated carbocycles. The van der Waals surface area contributed by atoms with E-state index in [0.717, 1.165) is 0 Å². The van der Waals surface area contributed by atoms with Crippen LogP contribution in [-0.4, -0.2) is 9.91 Å². The lowest BCUT2D eigenvalue weighted by Crippen LogP contribution is -2.08. The van der Waals surface area contributed by atoms with Crippen molar-refractivity contribution in [2.45, 2.75) is 6.18 Å². The molecular formula is C12H8F3N3O3. The summed E-state index contributed by atoms with van der Waals surface area (Å²) in [5.74, 6) is -0.481. The number of nitro groups is 1. The summed E-state index contributed by atoms with van der Waals surface area (Å²) in [6.45, 7) is 0. The Hall–Kier alpha value is -2.84. The van der Waals surface area contributed by atoms with Crippen LogP contribution in [-0.2, 0) is 6.18 Å². The Morgan fingerprint density at radius 2 is 2.00 bits per heavy atom. The fourth-order valence-electron chi connectivity index (χ4n) is 1.51. The van der Waals surface area contributed by atoms with Crippen molar-refractivity contribution in [3.8, 4) is 11.5 Å². The number of hydrogen-bond donors (Lipinski definition) is 1. The lowest BCUT2D eigenvalue weighted by atomic mass is 10.3. The first kappa shape index (κ1) is 14.6. The molecule has 0 saturated heterocycles. The Morgan fingerprint density at radius 1 is 1.29 bits per heavy atom. The van der Waals surface area contributed by atoms with Crippen LogP contribution in [0.15, 0.2) is 36.5 Å². The summed E-state index contributed by atoms with van der Waals surface area (Å²) in [4.78, 5) is 13.0. The quantitative estimate of drug-likeness (QED) is 0.533. The normalized spacial score (nSPS) is 11.2. The van der Waals surface area contributed by atoms with Crippen LogP contribution < -0.4 is 10.5 Å². The third kappa shape index (κ3) is 3.38. The maximum absolute atomic E-state index is 12.6. The van der Waals surface area contributed by atoms with Crippen molar-refractivity contribution in [2.24, 2.45) is 0 Å². The fraction of sp³-hybridized carbons (Fsp3) is 0.0833. The number of hydrogen-bond acceptors (Lipinski definition) is 5. The number of ether oxygens (including phenoxy) is 1. The van der Waals surface area contributed by atoms with Crippen molar-refractivity contribution in [1.82, 2.24) is 4.98 Å². The molecule has 0 aliphatic carbocycles. The molecule has 1 aromatic carbocycles. The van der Waals surface area contributed by atoms with Gasteiger partial charge in [-0.15, -0.1) is 0 Å². The highest BCUT2D eigenvalue weighted by Gasteiger charge is 2.34. The minimum Gasteiger partial charge on any atom is -0.450 e. The molecule has 0 atom stereocenters. The minimum absolute atomic E-state index is 0.0809. The average molecular weight is 299 g/mol. The number of nitrogens with two attached hydrogens (primary N) is 1. The molecular weight excluding hydrogens is 291 g/mol. The SMILES string of the molecule is Nc1cccc(Oc2cc(C(F)(F)F)ncc2[N+](=O)[O-])c1. The summed E-state index contributed by atoms with van der Waals surface area (Å²) >= 11 is 0. The van der Waals surface area contributed by atoms with Gasteiger partial charge in [0.15, 0.2) is 0 Å². The van der Waals surface area contributed by atoms with Gasteiger partial charge in [0.2, 0.25) is 5.75 Å². The van der Waals surface area contributed by atoms with Gasteiger partial charge in [0, 0.05) is 17.8 Å². The van der Waals surface area contributed by atoms with Crippen LogP contribution in [0.5, 0.6) is 11.5 Å². The molecule has 1 aromatic heterocycles. The molecule has 0 fully saturated rings. The second-order valence-corrected chi connectivity index (χ2v) is 3.97. The van der Waals surface area contributed by atoms with E-state index in [2.05, 4.69) is 4.98 Å². The largest absolute Gasteiger partial charge is 0.450 e. The Balaban J connectivity index is 2.46. The van der Waals surface area contributed by atoms with Gasteiger partial charge in [0.25, 0.3) is 0 Å². The van der Waals surface area contributed by atoms with E-state index < -0.39 is 28.2 Å². The number of pyridine rings is 1. The number of halogens is 3. The molecule has 2 N–H and O–H groups in total. The van der Waals surface area contributed by atoms with E-state index in [0.29, 0.717) is 18.0 Å². The predicted octanol–water partition coefficient (Wildman–Crippen LogP) is 3.38. The van der Waals surface area contributed by atoms with Crippen LogP contribution >= 0.6 is 0 Å². The van der Waals surface area contributed by atoms with Gasteiger partial charge < -0.3 is 10.5 Å². The first-order valence-corrected chi connectivity index (χ1v) is 5.52. The Morgan fingerprint density at radius 3 is 2.57 bits per heavy atom. The molecule has 2 aromatic rings. The number of nitrogen functional groups attached to an aromatic ring is 1. The maximum Gasteiger partial charge on any atom is 0.433 e. The third-order valence-corrected chi connectivity index (χ3v) is 2.42. The highest BCUT2D eigenvalue weighted by atomic mass is 19.4. The molecule has 21 heavy (non-hydrogen) atoms. The molecule has 1 heterocycles. The van der Waals surface area contributed by atoms with Crippen molar-refractivity contribution in [3.05, 3.63) is 52.3 Å². The molecule has 0 bridgehead atoms. The number of benzene rings is 1. The van der Waals surface area contributed by atoms with Gasteiger partial charge in [0.05, 0.1) is 4.92 Å². The predicted molar refractivity (Wildman–Crippen MR) is 66.8 cm³/mol. The summed E-state index contributed by atoms with van der Waals surface area (Å²) in [5, 5.41) is 10.8. The standard InChI is InChI=1S/C12H8F3N3O3/c13-12(14,15)11-5-10(9(6-17-11)18(19)20)21-8-3-1-2-7(16)4-8/h1-6H,16H2. The zero-order valence-electron chi connectivity index (χ0n) is 10.3. The second kappa shape index (κ2) is 5.27. The van der Waals surface area contributed by atoms with E-state index in [1.54, 1.807) is 0 Å². The smallest absolute Gasteiger partial charge is 0.433 e. The van der Waals surface area contributed by atoms with E-state index >= 15 is 0 Å². The first-order valence-electron chi connectivity index (χ1n) is 5.52. The van der Waals surface area contributed by atoms with Gasteiger partial charge in [-0.25, -0.2) is 4.98 Å².